The molecule has 0 atom stereocenters. The van der Waals surface area contributed by atoms with Gasteiger partial charge in [0.05, 0.1) is 31.7 Å². The lowest BCUT2D eigenvalue weighted by Gasteiger charge is -2.30. The minimum Gasteiger partial charge on any atom is -0.325 e. The molecule has 1 aliphatic heterocycles. The van der Waals surface area contributed by atoms with Crippen LogP contribution in [0.4, 0.5) is 16.5 Å². The SMILES string of the molecule is O=C(CN1CCC(C(=O)Nc2nc3ccc([N+](=O)[O-])cc3s2)CC1)Nc1ccc(Cl)c(Cl)c1. The summed E-state index contributed by atoms with van der Waals surface area (Å²) in [4.78, 5) is 41.8. The van der Waals surface area contributed by atoms with E-state index in [0.717, 1.165) is 0 Å². The summed E-state index contributed by atoms with van der Waals surface area (Å²) < 4.78 is 0.641. The highest BCUT2D eigenvalue weighted by atomic mass is 35.5. The molecule has 12 heteroatoms. The van der Waals surface area contributed by atoms with Crippen molar-refractivity contribution in [2.24, 2.45) is 5.92 Å². The van der Waals surface area contributed by atoms with Crippen molar-refractivity contribution in [3.8, 4) is 0 Å². The van der Waals surface area contributed by atoms with E-state index in [2.05, 4.69) is 15.6 Å². The second-order valence-corrected chi connectivity index (χ2v) is 9.49. The van der Waals surface area contributed by atoms with Crippen molar-refractivity contribution in [2.75, 3.05) is 30.3 Å². The van der Waals surface area contributed by atoms with Crippen molar-refractivity contribution < 1.29 is 14.5 Å². The molecule has 3 aromatic rings. The number of nitrogens with zero attached hydrogens (tertiary/aromatic N) is 3. The number of carbonyl (C=O) groups excluding carboxylic acids is 2. The fraction of sp³-hybridized carbons (Fsp3) is 0.286. The monoisotopic (exact) mass is 507 g/mol. The first-order valence-electron chi connectivity index (χ1n) is 10.1. The van der Waals surface area contributed by atoms with Crippen LogP contribution in [-0.4, -0.2) is 46.3 Å². The van der Waals surface area contributed by atoms with E-state index in [0.29, 0.717) is 57.0 Å². The second kappa shape index (κ2) is 10.0. The number of carbonyl (C=O) groups is 2. The molecule has 0 radical (unpaired) electrons. The number of non-ortho nitro benzene ring substituents is 1. The van der Waals surface area contributed by atoms with Crippen LogP contribution in [-0.2, 0) is 9.59 Å². The molecule has 2 aromatic carbocycles. The van der Waals surface area contributed by atoms with E-state index in [1.807, 2.05) is 4.90 Å². The Morgan fingerprint density at radius 3 is 2.58 bits per heavy atom. The molecule has 33 heavy (non-hydrogen) atoms. The number of benzene rings is 2. The molecule has 1 aliphatic rings. The third kappa shape index (κ3) is 5.77. The van der Waals surface area contributed by atoms with Gasteiger partial charge in [-0.15, -0.1) is 0 Å². The average molecular weight is 508 g/mol. The highest BCUT2D eigenvalue weighted by Gasteiger charge is 2.26. The molecule has 2 N–H and O–H groups in total. The number of hydrogen-bond acceptors (Lipinski definition) is 7. The Bertz CT molecular complexity index is 1230. The fourth-order valence-corrected chi connectivity index (χ4v) is 4.82. The summed E-state index contributed by atoms with van der Waals surface area (Å²) >= 11 is 13.1. The molecule has 0 aliphatic carbocycles. The number of piperidine rings is 1. The smallest absolute Gasteiger partial charge is 0.270 e. The first-order chi connectivity index (χ1) is 15.8. The molecule has 9 nitrogen and oxygen atoms in total. The summed E-state index contributed by atoms with van der Waals surface area (Å²) in [6.45, 7) is 1.43. The van der Waals surface area contributed by atoms with Gasteiger partial charge in [0.15, 0.2) is 5.13 Å². The Kier molecular flexibility index (Phi) is 7.08. The van der Waals surface area contributed by atoms with Gasteiger partial charge in [-0.2, -0.15) is 0 Å². The third-order valence-electron chi connectivity index (χ3n) is 5.34. The number of halogens is 2. The lowest BCUT2D eigenvalue weighted by Crippen LogP contribution is -2.41. The number of thiazole rings is 1. The van der Waals surface area contributed by atoms with Gasteiger partial charge in [0.2, 0.25) is 11.8 Å². The van der Waals surface area contributed by atoms with Gasteiger partial charge in [-0.25, -0.2) is 4.98 Å². The lowest BCUT2D eigenvalue weighted by molar-refractivity contribution is -0.384. The van der Waals surface area contributed by atoms with Crippen molar-refractivity contribution in [1.29, 1.82) is 0 Å². The summed E-state index contributed by atoms with van der Waals surface area (Å²) in [5, 5.41) is 17.8. The average Bonchev–Trinajstić information content (AvgIpc) is 3.18. The fourth-order valence-electron chi connectivity index (χ4n) is 3.62. The lowest BCUT2D eigenvalue weighted by atomic mass is 9.96. The number of rotatable bonds is 6. The molecule has 0 unspecified atom stereocenters. The molecule has 1 fully saturated rings. The van der Waals surface area contributed by atoms with Crippen molar-refractivity contribution in [2.45, 2.75) is 12.8 Å². The molecule has 1 saturated heterocycles. The maximum absolute atomic E-state index is 12.7. The number of anilines is 2. The number of fused-ring (bicyclic) bond motifs is 1. The molecule has 2 amide bonds. The highest BCUT2D eigenvalue weighted by Crippen LogP contribution is 2.30. The zero-order chi connectivity index (χ0) is 23.5. The standard InChI is InChI=1S/C21H19Cl2N5O4S/c22-15-3-1-13(9-16(15)23)24-19(29)11-27-7-5-12(6-8-27)20(30)26-21-25-17-4-2-14(28(31)32)10-18(17)33-21/h1-4,9-10,12H,5-8,11H2,(H,24,29)(H,25,26,30). The van der Waals surface area contributed by atoms with Gasteiger partial charge < -0.3 is 10.6 Å². The quantitative estimate of drug-likeness (QED) is 0.365. The Morgan fingerprint density at radius 2 is 1.88 bits per heavy atom. The predicted octanol–water partition coefficient (Wildman–Crippen LogP) is 4.80. The normalized spacial score (nSPS) is 14.8. The van der Waals surface area contributed by atoms with E-state index in [1.54, 1.807) is 24.3 Å². The van der Waals surface area contributed by atoms with Gasteiger partial charge in [-0.3, -0.25) is 24.6 Å². The van der Waals surface area contributed by atoms with Crippen molar-refractivity contribution >= 4 is 73.1 Å². The molecule has 0 bridgehead atoms. The zero-order valence-corrected chi connectivity index (χ0v) is 19.5. The van der Waals surface area contributed by atoms with E-state index in [9.17, 15) is 19.7 Å². The van der Waals surface area contributed by atoms with E-state index >= 15 is 0 Å². The number of nitro groups is 1. The van der Waals surface area contributed by atoms with Gasteiger partial charge >= 0.3 is 0 Å². The Labute approximate surface area is 202 Å². The number of hydrogen-bond donors (Lipinski definition) is 2. The maximum atomic E-state index is 12.7. The van der Waals surface area contributed by atoms with Crippen LogP contribution < -0.4 is 10.6 Å². The maximum Gasteiger partial charge on any atom is 0.270 e. The van der Waals surface area contributed by atoms with E-state index in [4.69, 9.17) is 23.2 Å². The number of amides is 2. The molecule has 172 valence electrons. The van der Waals surface area contributed by atoms with Crippen LogP contribution in [0.5, 0.6) is 0 Å². The number of nitrogens with one attached hydrogen (secondary N) is 2. The van der Waals surface area contributed by atoms with Crippen molar-refractivity contribution in [3.05, 3.63) is 56.6 Å². The predicted molar refractivity (Wildman–Crippen MR) is 129 cm³/mol. The molecular weight excluding hydrogens is 489 g/mol. The van der Waals surface area contributed by atoms with E-state index in [1.165, 1.54) is 23.5 Å². The molecule has 0 spiro atoms. The zero-order valence-electron chi connectivity index (χ0n) is 17.2. The van der Waals surface area contributed by atoms with Crippen molar-refractivity contribution in [3.63, 3.8) is 0 Å². The first kappa shape index (κ1) is 23.4. The van der Waals surface area contributed by atoms with Crippen LogP contribution in [0, 0.1) is 16.0 Å². The largest absolute Gasteiger partial charge is 0.325 e. The van der Waals surface area contributed by atoms with E-state index in [-0.39, 0.29) is 30.0 Å². The van der Waals surface area contributed by atoms with Gasteiger partial charge in [-0.1, -0.05) is 34.5 Å². The molecular formula is C21H19Cl2N5O4S. The topological polar surface area (TPSA) is 117 Å². The molecule has 2 heterocycles. The number of likely N-dealkylation sites (tertiary alicyclic amines) is 1. The summed E-state index contributed by atoms with van der Waals surface area (Å²) in [5.41, 5.74) is 1.16. The van der Waals surface area contributed by atoms with Gasteiger partial charge in [0.25, 0.3) is 5.69 Å². The van der Waals surface area contributed by atoms with Crippen LogP contribution >= 0.6 is 34.5 Å². The number of aromatic nitrogens is 1. The first-order valence-corrected chi connectivity index (χ1v) is 11.7. The number of nitro benzene ring substituents is 1. The van der Waals surface area contributed by atoms with Crippen LogP contribution in [0.15, 0.2) is 36.4 Å². The highest BCUT2D eigenvalue weighted by molar-refractivity contribution is 7.22. The van der Waals surface area contributed by atoms with Crippen LogP contribution in [0.1, 0.15) is 12.8 Å². The summed E-state index contributed by atoms with van der Waals surface area (Å²) in [6.07, 6.45) is 1.23. The summed E-state index contributed by atoms with van der Waals surface area (Å²) in [5.74, 6) is -0.496. The molecule has 4 rings (SSSR count). The van der Waals surface area contributed by atoms with E-state index < -0.39 is 4.92 Å². The van der Waals surface area contributed by atoms with Crippen LogP contribution in [0.3, 0.4) is 0 Å². The Balaban J connectivity index is 1.27. The summed E-state index contributed by atoms with van der Waals surface area (Å²) in [7, 11) is 0. The third-order valence-corrected chi connectivity index (χ3v) is 7.01. The van der Waals surface area contributed by atoms with Gasteiger partial charge in [-0.05, 0) is 50.2 Å². The Hall–Kier alpha value is -2.79. The van der Waals surface area contributed by atoms with Crippen molar-refractivity contribution in [1.82, 2.24) is 9.88 Å². The van der Waals surface area contributed by atoms with Gasteiger partial charge in [0.1, 0.15) is 0 Å². The molecule has 0 saturated carbocycles. The minimum atomic E-state index is -0.462. The molecule has 1 aromatic heterocycles. The van der Waals surface area contributed by atoms with Crippen LogP contribution in [0.2, 0.25) is 10.0 Å². The minimum absolute atomic E-state index is 0.0143. The Morgan fingerprint density at radius 1 is 1.12 bits per heavy atom. The summed E-state index contributed by atoms with van der Waals surface area (Å²) in [6, 6.07) is 9.31. The van der Waals surface area contributed by atoms with Crippen LogP contribution in [0.25, 0.3) is 10.2 Å². The van der Waals surface area contributed by atoms with Gasteiger partial charge in [0, 0.05) is 23.7 Å². The second-order valence-electron chi connectivity index (χ2n) is 7.64.